The Morgan fingerprint density at radius 1 is 1.43 bits per heavy atom. The van der Waals surface area contributed by atoms with Gasteiger partial charge in [-0.25, -0.2) is 4.79 Å². The standard InChI is InChI=1S/C9H5ClN2O4.C3H7NO/c10-6-3-5(12(15)16)1-4-2-7(9(13)14)11-8(4)6;1-4(2)3-5/h1-3,11H,(H,13,14);3H,1-2H3. The Morgan fingerprint density at radius 3 is 2.43 bits per heavy atom. The van der Waals surface area contributed by atoms with Crippen molar-refractivity contribution in [3.8, 4) is 0 Å². The lowest BCUT2D eigenvalue weighted by molar-refractivity contribution is -0.384. The topological polar surface area (TPSA) is 117 Å². The third-order valence-corrected chi connectivity index (χ3v) is 2.62. The summed E-state index contributed by atoms with van der Waals surface area (Å²) in [5.41, 5.74) is 0.149. The first-order valence-electron chi connectivity index (χ1n) is 5.58. The predicted molar refractivity (Wildman–Crippen MR) is 76.7 cm³/mol. The molecule has 0 bridgehead atoms. The molecule has 0 spiro atoms. The molecule has 9 heteroatoms. The van der Waals surface area contributed by atoms with Gasteiger partial charge in [-0.3, -0.25) is 14.9 Å². The summed E-state index contributed by atoms with van der Waals surface area (Å²) >= 11 is 5.80. The number of halogens is 1. The van der Waals surface area contributed by atoms with Crippen molar-refractivity contribution in [1.29, 1.82) is 0 Å². The zero-order valence-electron chi connectivity index (χ0n) is 11.2. The van der Waals surface area contributed by atoms with E-state index >= 15 is 0 Å². The summed E-state index contributed by atoms with van der Waals surface area (Å²) in [7, 11) is 3.38. The Hall–Kier alpha value is -2.61. The van der Waals surface area contributed by atoms with Gasteiger partial charge in [0, 0.05) is 31.6 Å². The zero-order chi connectivity index (χ0) is 16.2. The van der Waals surface area contributed by atoms with Gasteiger partial charge in [-0.2, -0.15) is 0 Å². The van der Waals surface area contributed by atoms with Crippen molar-refractivity contribution in [3.05, 3.63) is 39.0 Å². The number of hydrogen-bond acceptors (Lipinski definition) is 4. The molecule has 1 aromatic heterocycles. The summed E-state index contributed by atoms with van der Waals surface area (Å²) in [6.45, 7) is 0. The van der Waals surface area contributed by atoms with Gasteiger partial charge in [0.05, 0.1) is 15.5 Å². The average Bonchev–Trinajstić information content (AvgIpc) is 2.84. The molecule has 1 heterocycles. The van der Waals surface area contributed by atoms with E-state index in [4.69, 9.17) is 16.7 Å². The van der Waals surface area contributed by atoms with Crippen LogP contribution in [-0.4, -0.2) is 46.4 Å². The molecule has 1 aromatic carbocycles. The first-order chi connectivity index (χ1) is 9.76. The quantitative estimate of drug-likeness (QED) is 0.511. The van der Waals surface area contributed by atoms with Crippen LogP contribution in [0.5, 0.6) is 0 Å². The molecule has 8 nitrogen and oxygen atoms in total. The fourth-order valence-corrected chi connectivity index (χ4v) is 1.67. The van der Waals surface area contributed by atoms with Gasteiger partial charge in [-0.05, 0) is 6.07 Å². The van der Waals surface area contributed by atoms with Crippen LogP contribution >= 0.6 is 11.6 Å². The highest BCUT2D eigenvalue weighted by Crippen LogP contribution is 2.29. The number of nitro groups is 1. The SMILES string of the molecule is CN(C)C=O.O=C(O)c1cc2cc([N+](=O)[O-])cc(Cl)c2[nH]1. The van der Waals surface area contributed by atoms with Crippen molar-refractivity contribution < 1.29 is 19.6 Å². The van der Waals surface area contributed by atoms with Gasteiger partial charge in [0.25, 0.3) is 5.69 Å². The van der Waals surface area contributed by atoms with Crippen LogP contribution < -0.4 is 0 Å². The van der Waals surface area contributed by atoms with E-state index < -0.39 is 10.9 Å². The van der Waals surface area contributed by atoms with Crippen molar-refractivity contribution in [2.75, 3.05) is 14.1 Å². The van der Waals surface area contributed by atoms with Crippen LogP contribution in [-0.2, 0) is 4.79 Å². The molecule has 0 radical (unpaired) electrons. The number of hydrogen-bond donors (Lipinski definition) is 2. The van der Waals surface area contributed by atoms with Crippen molar-refractivity contribution in [1.82, 2.24) is 9.88 Å². The molecule has 2 aromatic rings. The minimum Gasteiger partial charge on any atom is -0.477 e. The number of non-ortho nitro benzene ring substituents is 1. The van der Waals surface area contributed by atoms with Crippen LogP contribution in [0.15, 0.2) is 18.2 Å². The fraction of sp³-hybridized carbons (Fsp3) is 0.167. The normalized spacial score (nSPS) is 9.67. The van der Waals surface area contributed by atoms with Crippen LogP contribution in [0.1, 0.15) is 10.5 Å². The number of nitrogens with zero attached hydrogens (tertiary/aromatic N) is 2. The van der Waals surface area contributed by atoms with Gasteiger partial charge >= 0.3 is 5.97 Å². The minimum atomic E-state index is -1.14. The van der Waals surface area contributed by atoms with Gasteiger partial charge in [0.2, 0.25) is 6.41 Å². The predicted octanol–water partition coefficient (Wildman–Crippen LogP) is 2.13. The second kappa shape index (κ2) is 6.71. The molecule has 0 saturated heterocycles. The average molecular weight is 314 g/mol. The summed E-state index contributed by atoms with van der Waals surface area (Å²) in [4.78, 5) is 34.1. The lowest BCUT2D eigenvalue weighted by Gasteiger charge is -1.94. The number of carbonyl (C=O) groups is 2. The summed E-state index contributed by atoms with van der Waals surface area (Å²) in [5.74, 6) is -1.14. The zero-order valence-corrected chi connectivity index (χ0v) is 11.9. The Morgan fingerprint density at radius 2 is 2.00 bits per heavy atom. The molecule has 1 amide bonds. The molecule has 0 atom stereocenters. The number of nitrogens with one attached hydrogen (secondary N) is 1. The number of aromatic nitrogens is 1. The molecule has 2 N–H and O–H groups in total. The number of amides is 1. The lowest BCUT2D eigenvalue weighted by Crippen LogP contribution is -2.06. The maximum Gasteiger partial charge on any atom is 0.352 e. The third kappa shape index (κ3) is 4.18. The van der Waals surface area contributed by atoms with Crippen molar-refractivity contribution in [2.24, 2.45) is 0 Å². The Kier molecular flexibility index (Phi) is 5.25. The second-order valence-corrected chi connectivity index (χ2v) is 4.61. The van der Waals surface area contributed by atoms with E-state index in [2.05, 4.69) is 4.98 Å². The maximum atomic E-state index is 10.7. The number of aromatic amines is 1. The summed E-state index contributed by atoms with van der Waals surface area (Å²) < 4.78 is 0. The highest BCUT2D eigenvalue weighted by atomic mass is 35.5. The Balaban J connectivity index is 0.000000383. The monoisotopic (exact) mass is 313 g/mol. The molecule has 0 saturated carbocycles. The molecule has 112 valence electrons. The fourth-order valence-electron chi connectivity index (χ4n) is 1.41. The Labute approximate surface area is 124 Å². The molecule has 21 heavy (non-hydrogen) atoms. The first kappa shape index (κ1) is 16.4. The molecule has 0 aliphatic heterocycles. The van der Waals surface area contributed by atoms with Crippen molar-refractivity contribution >= 4 is 40.6 Å². The largest absolute Gasteiger partial charge is 0.477 e. The number of nitro benzene ring substituents is 1. The Bertz CT molecular complexity index is 696. The lowest BCUT2D eigenvalue weighted by atomic mass is 10.2. The van der Waals surface area contributed by atoms with Crippen LogP contribution in [0.4, 0.5) is 5.69 Å². The maximum absolute atomic E-state index is 10.7. The molecule has 0 unspecified atom stereocenters. The molecule has 0 fully saturated rings. The summed E-state index contributed by atoms with van der Waals surface area (Å²) in [5, 5.41) is 19.8. The van der Waals surface area contributed by atoms with Gasteiger partial charge in [-0.15, -0.1) is 0 Å². The number of H-pyrrole nitrogens is 1. The van der Waals surface area contributed by atoms with E-state index in [1.165, 1.54) is 23.1 Å². The number of fused-ring (bicyclic) bond motifs is 1. The van der Waals surface area contributed by atoms with Gasteiger partial charge in [0.1, 0.15) is 5.69 Å². The smallest absolute Gasteiger partial charge is 0.352 e. The number of carbonyl (C=O) groups excluding carboxylic acids is 1. The van der Waals surface area contributed by atoms with Gasteiger partial charge < -0.3 is 15.0 Å². The number of carboxylic acids is 1. The minimum absolute atomic E-state index is 0.0580. The van der Waals surface area contributed by atoms with Crippen LogP contribution in [0.25, 0.3) is 10.9 Å². The highest BCUT2D eigenvalue weighted by molar-refractivity contribution is 6.35. The molecular weight excluding hydrogens is 302 g/mol. The summed E-state index contributed by atoms with van der Waals surface area (Å²) in [6, 6.07) is 3.74. The molecule has 2 rings (SSSR count). The molecule has 0 aliphatic carbocycles. The van der Waals surface area contributed by atoms with Crippen molar-refractivity contribution in [2.45, 2.75) is 0 Å². The van der Waals surface area contributed by atoms with E-state index in [1.54, 1.807) is 14.1 Å². The number of benzene rings is 1. The molecular formula is C12H12ClN3O5. The van der Waals surface area contributed by atoms with E-state index in [-0.39, 0.29) is 16.4 Å². The van der Waals surface area contributed by atoms with E-state index in [9.17, 15) is 19.7 Å². The van der Waals surface area contributed by atoms with Crippen molar-refractivity contribution in [3.63, 3.8) is 0 Å². The van der Waals surface area contributed by atoms with Gasteiger partial charge in [-0.1, -0.05) is 11.6 Å². The molecule has 0 aliphatic rings. The van der Waals surface area contributed by atoms with Crippen LogP contribution in [0.3, 0.4) is 0 Å². The first-order valence-corrected chi connectivity index (χ1v) is 5.95. The number of rotatable bonds is 3. The van der Waals surface area contributed by atoms with E-state index in [1.807, 2.05) is 0 Å². The van der Waals surface area contributed by atoms with Gasteiger partial charge in [0.15, 0.2) is 0 Å². The number of aromatic carboxylic acids is 1. The highest BCUT2D eigenvalue weighted by Gasteiger charge is 2.14. The number of carboxylic acid groups (broad SMARTS) is 1. The third-order valence-electron chi connectivity index (χ3n) is 2.32. The van der Waals surface area contributed by atoms with E-state index in [0.717, 1.165) is 6.41 Å². The second-order valence-electron chi connectivity index (χ2n) is 4.21. The van der Waals surface area contributed by atoms with E-state index in [0.29, 0.717) is 10.9 Å². The van der Waals surface area contributed by atoms with Crippen LogP contribution in [0.2, 0.25) is 5.02 Å². The summed E-state index contributed by atoms with van der Waals surface area (Å²) in [6.07, 6.45) is 0.750. The van der Waals surface area contributed by atoms with Crippen LogP contribution in [0, 0.1) is 10.1 Å².